The molecule has 28 heavy (non-hydrogen) atoms. The number of carbonyl (C=O) groups is 1. The number of benzene rings is 1. The highest BCUT2D eigenvalue weighted by molar-refractivity contribution is 9.10. The summed E-state index contributed by atoms with van der Waals surface area (Å²) in [6.07, 6.45) is 3.30. The summed E-state index contributed by atoms with van der Waals surface area (Å²) in [6.45, 7) is 2.44. The van der Waals surface area contributed by atoms with Crippen LogP contribution in [-0.4, -0.2) is 32.0 Å². The van der Waals surface area contributed by atoms with Crippen LogP contribution in [0.2, 0.25) is 0 Å². The van der Waals surface area contributed by atoms with E-state index in [1.54, 1.807) is 29.4 Å². The Kier molecular flexibility index (Phi) is 3.88. The summed E-state index contributed by atoms with van der Waals surface area (Å²) >= 11 is 4.64. The van der Waals surface area contributed by atoms with Crippen molar-refractivity contribution in [2.45, 2.75) is 6.92 Å². The van der Waals surface area contributed by atoms with Crippen LogP contribution < -0.4 is 15.0 Å². The largest absolute Gasteiger partial charge is 0.308 e. The summed E-state index contributed by atoms with van der Waals surface area (Å²) in [5.41, 5.74) is 2.41. The van der Waals surface area contributed by atoms with Crippen molar-refractivity contribution in [3.63, 3.8) is 0 Å². The Balaban J connectivity index is 1.78. The van der Waals surface area contributed by atoms with Gasteiger partial charge in [-0.05, 0) is 37.3 Å². The molecular formula is C19H12BrN5O2S. The third-order valence-corrected chi connectivity index (χ3v) is 6.14. The Morgan fingerprint density at radius 3 is 2.64 bits per heavy atom. The number of carbonyl (C=O) groups excluding carboxylic acids is 1. The molecule has 4 aromatic rings. The van der Waals surface area contributed by atoms with Crippen molar-refractivity contribution in [2.75, 3.05) is 11.4 Å². The Hall–Kier alpha value is -2.91. The van der Waals surface area contributed by atoms with Crippen molar-refractivity contribution in [3.8, 4) is 11.4 Å². The quantitative estimate of drug-likeness (QED) is 0.464. The third kappa shape index (κ3) is 2.43. The van der Waals surface area contributed by atoms with Gasteiger partial charge in [-0.1, -0.05) is 27.3 Å². The van der Waals surface area contributed by atoms with Crippen molar-refractivity contribution in [1.29, 1.82) is 0 Å². The Bertz CT molecular complexity index is 1360. The van der Waals surface area contributed by atoms with Gasteiger partial charge in [-0.15, -0.1) is 5.10 Å². The van der Waals surface area contributed by atoms with Crippen LogP contribution in [-0.2, 0) is 4.79 Å². The zero-order valence-corrected chi connectivity index (χ0v) is 17.0. The molecule has 138 valence electrons. The SMILES string of the molecule is CCN1C(=O)/C(=c2\sc3nc(-c4ccncc4)nn3c2=O)c2cc(Br)ccc21. The number of hydrogen-bond donors (Lipinski definition) is 0. The molecule has 0 aliphatic carbocycles. The number of rotatable bonds is 2. The summed E-state index contributed by atoms with van der Waals surface area (Å²) < 4.78 is 2.47. The number of halogens is 1. The first-order valence-corrected chi connectivity index (χ1v) is 10.2. The van der Waals surface area contributed by atoms with Gasteiger partial charge in [-0.2, -0.15) is 9.50 Å². The summed E-state index contributed by atoms with van der Waals surface area (Å²) in [5.74, 6) is 0.282. The second-order valence-corrected chi connectivity index (χ2v) is 8.08. The van der Waals surface area contributed by atoms with Gasteiger partial charge >= 0.3 is 0 Å². The van der Waals surface area contributed by atoms with E-state index in [4.69, 9.17) is 0 Å². The molecule has 0 saturated carbocycles. The first-order valence-electron chi connectivity index (χ1n) is 8.54. The minimum atomic E-state index is -0.333. The average Bonchev–Trinajstić information content (AvgIpc) is 3.33. The number of likely N-dealkylation sites (N-methyl/N-ethyl adjacent to an activating group) is 1. The Morgan fingerprint density at radius 2 is 1.93 bits per heavy atom. The minimum absolute atomic E-state index is 0.174. The predicted octanol–water partition coefficient (Wildman–Crippen LogP) is 2.26. The van der Waals surface area contributed by atoms with Crippen LogP contribution in [0.1, 0.15) is 12.5 Å². The van der Waals surface area contributed by atoms with Gasteiger partial charge in [-0.3, -0.25) is 14.6 Å². The van der Waals surface area contributed by atoms with Crippen molar-refractivity contribution in [3.05, 3.63) is 67.6 Å². The molecule has 0 spiro atoms. The fraction of sp³-hybridized carbons (Fsp3) is 0.105. The number of amides is 1. The van der Waals surface area contributed by atoms with Crippen LogP contribution in [0.4, 0.5) is 5.69 Å². The second-order valence-electron chi connectivity index (χ2n) is 6.19. The maximum atomic E-state index is 13.1. The smallest absolute Gasteiger partial charge is 0.291 e. The Morgan fingerprint density at radius 1 is 1.14 bits per heavy atom. The van der Waals surface area contributed by atoms with Gasteiger partial charge in [0.15, 0.2) is 5.82 Å². The first-order chi connectivity index (χ1) is 13.6. The number of anilines is 1. The van der Waals surface area contributed by atoms with Gasteiger partial charge in [-0.25, -0.2) is 0 Å². The fourth-order valence-corrected chi connectivity index (χ4v) is 4.70. The predicted molar refractivity (Wildman–Crippen MR) is 110 cm³/mol. The van der Waals surface area contributed by atoms with Crippen LogP contribution in [0, 0.1) is 0 Å². The summed E-state index contributed by atoms with van der Waals surface area (Å²) in [4.78, 5) is 36.7. The highest BCUT2D eigenvalue weighted by Crippen LogP contribution is 2.37. The van der Waals surface area contributed by atoms with E-state index in [-0.39, 0.29) is 11.5 Å². The number of hydrogen-bond acceptors (Lipinski definition) is 6. The van der Waals surface area contributed by atoms with Crippen molar-refractivity contribution < 1.29 is 4.79 Å². The number of aromatic nitrogens is 4. The zero-order valence-electron chi connectivity index (χ0n) is 14.6. The molecule has 1 amide bonds. The molecule has 0 bridgehead atoms. The van der Waals surface area contributed by atoms with Crippen LogP contribution in [0.5, 0.6) is 0 Å². The van der Waals surface area contributed by atoms with E-state index in [0.717, 1.165) is 21.3 Å². The molecule has 5 rings (SSSR count). The van der Waals surface area contributed by atoms with E-state index in [1.807, 2.05) is 25.1 Å². The van der Waals surface area contributed by atoms with E-state index < -0.39 is 0 Å². The molecule has 0 saturated heterocycles. The van der Waals surface area contributed by atoms with Gasteiger partial charge in [0, 0.05) is 34.5 Å². The van der Waals surface area contributed by atoms with E-state index in [0.29, 0.717) is 27.4 Å². The lowest BCUT2D eigenvalue weighted by atomic mass is 10.1. The maximum Gasteiger partial charge on any atom is 0.291 e. The summed E-state index contributed by atoms with van der Waals surface area (Å²) in [7, 11) is 0. The lowest BCUT2D eigenvalue weighted by Gasteiger charge is -2.13. The van der Waals surface area contributed by atoms with Gasteiger partial charge < -0.3 is 4.90 Å². The molecule has 0 N–H and O–H groups in total. The molecule has 0 unspecified atom stereocenters. The lowest BCUT2D eigenvalue weighted by Crippen LogP contribution is -2.32. The minimum Gasteiger partial charge on any atom is -0.308 e. The number of fused-ring (bicyclic) bond motifs is 2. The van der Waals surface area contributed by atoms with Crippen LogP contribution in [0.15, 0.2) is 52.0 Å². The van der Waals surface area contributed by atoms with E-state index in [9.17, 15) is 9.59 Å². The zero-order chi connectivity index (χ0) is 19.4. The topological polar surface area (TPSA) is 80.5 Å². The van der Waals surface area contributed by atoms with Gasteiger partial charge in [0.05, 0.1) is 11.3 Å². The van der Waals surface area contributed by atoms with Crippen molar-refractivity contribution in [1.82, 2.24) is 19.6 Å². The third-order valence-electron chi connectivity index (χ3n) is 4.62. The molecule has 4 heterocycles. The highest BCUT2D eigenvalue weighted by Gasteiger charge is 2.33. The molecule has 0 radical (unpaired) electrons. The van der Waals surface area contributed by atoms with Gasteiger partial charge in [0.25, 0.3) is 11.5 Å². The molecule has 1 aromatic carbocycles. The van der Waals surface area contributed by atoms with Crippen LogP contribution in [0.25, 0.3) is 21.9 Å². The molecule has 7 nitrogen and oxygen atoms in total. The van der Waals surface area contributed by atoms with Gasteiger partial charge in [0.2, 0.25) is 4.96 Å². The maximum absolute atomic E-state index is 13.1. The molecule has 0 fully saturated rings. The Labute approximate surface area is 171 Å². The van der Waals surface area contributed by atoms with E-state index >= 15 is 0 Å². The lowest BCUT2D eigenvalue weighted by molar-refractivity contribution is -0.113. The second kappa shape index (κ2) is 6.32. The molecular weight excluding hydrogens is 442 g/mol. The molecule has 1 aliphatic rings. The molecule has 0 atom stereocenters. The normalized spacial score (nSPS) is 15.5. The fourth-order valence-electron chi connectivity index (χ4n) is 3.35. The molecule has 3 aromatic heterocycles. The standard InChI is InChI=1S/C19H12BrN5O2S/c1-2-24-13-4-3-11(20)9-12(13)14(17(24)26)15-18(27)25-19(28-15)22-16(23-25)10-5-7-21-8-6-10/h3-9H,2H2,1H3/b15-14-. The monoisotopic (exact) mass is 453 g/mol. The van der Waals surface area contributed by atoms with E-state index in [1.165, 1.54) is 15.9 Å². The van der Waals surface area contributed by atoms with Crippen LogP contribution in [0.3, 0.4) is 0 Å². The van der Waals surface area contributed by atoms with Crippen molar-refractivity contribution >= 4 is 49.4 Å². The number of thiazole rings is 1. The van der Waals surface area contributed by atoms with Gasteiger partial charge in [0.1, 0.15) is 4.53 Å². The first kappa shape index (κ1) is 17.2. The highest BCUT2D eigenvalue weighted by atomic mass is 79.9. The van der Waals surface area contributed by atoms with E-state index in [2.05, 4.69) is 31.0 Å². The summed E-state index contributed by atoms with van der Waals surface area (Å²) in [6, 6.07) is 9.21. The molecule has 1 aliphatic heterocycles. The molecule has 9 heteroatoms. The average molecular weight is 454 g/mol. The van der Waals surface area contributed by atoms with Crippen LogP contribution >= 0.6 is 27.3 Å². The summed E-state index contributed by atoms with van der Waals surface area (Å²) in [5, 5.41) is 4.34. The number of nitrogens with zero attached hydrogens (tertiary/aromatic N) is 5. The number of pyridine rings is 1. The van der Waals surface area contributed by atoms with Crippen molar-refractivity contribution in [2.24, 2.45) is 0 Å².